The van der Waals surface area contributed by atoms with E-state index in [-0.39, 0.29) is 5.41 Å². The van der Waals surface area contributed by atoms with Crippen molar-refractivity contribution in [3.05, 3.63) is 214 Å². The van der Waals surface area contributed by atoms with Crippen molar-refractivity contribution < 1.29 is 0 Å². The van der Waals surface area contributed by atoms with Crippen molar-refractivity contribution in [3.63, 3.8) is 0 Å². The van der Waals surface area contributed by atoms with Gasteiger partial charge in [-0.3, -0.25) is 0 Å². The van der Waals surface area contributed by atoms with Gasteiger partial charge in [0.05, 0.1) is 16.8 Å². The molecular weight excluding hydrogens is 711 g/mol. The molecule has 2 radical (unpaired) electrons. The Kier molecular flexibility index (Phi) is 7.73. The highest BCUT2D eigenvalue weighted by molar-refractivity contribution is 6.42. The molecule has 3 heteroatoms. The maximum Gasteiger partial charge on any atom is 0.117 e. The zero-order valence-electron chi connectivity index (χ0n) is 33.9. The molecule has 11 rings (SSSR count). The first-order valence-corrected chi connectivity index (χ1v) is 20.8. The van der Waals surface area contributed by atoms with Gasteiger partial charge in [-0.05, 0) is 135 Å². The van der Waals surface area contributed by atoms with Crippen LogP contribution in [0.5, 0.6) is 0 Å². The molecule has 0 saturated carbocycles. The first kappa shape index (κ1) is 35.4. The summed E-state index contributed by atoms with van der Waals surface area (Å²) >= 11 is 0. The fourth-order valence-electron chi connectivity index (χ4n) is 11.2. The lowest BCUT2D eigenvalue weighted by Crippen LogP contribution is -2.43. The Bertz CT molecular complexity index is 2960. The van der Waals surface area contributed by atoms with Gasteiger partial charge in [-0.2, -0.15) is 0 Å². The van der Waals surface area contributed by atoms with Gasteiger partial charge in [-0.1, -0.05) is 153 Å². The molecule has 4 aliphatic rings. The molecule has 2 bridgehead atoms. The number of nitrogens with two attached hydrogens (primary N) is 1. The van der Waals surface area contributed by atoms with Crippen molar-refractivity contribution in [2.24, 2.45) is 0 Å². The summed E-state index contributed by atoms with van der Waals surface area (Å²) in [6.07, 6.45) is 8.79. The van der Waals surface area contributed by atoms with Gasteiger partial charge in [0.2, 0.25) is 0 Å². The molecule has 7 aromatic rings. The quantitative estimate of drug-likeness (QED) is 0.144. The molecule has 0 spiro atoms. The summed E-state index contributed by atoms with van der Waals surface area (Å²) in [7, 11) is 7.83. The first-order valence-electron chi connectivity index (χ1n) is 20.8. The Morgan fingerprint density at radius 2 is 1.41 bits per heavy atom. The molecule has 0 fully saturated rings. The van der Waals surface area contributed by atoms with Crippen molar-refractivity contribution in [2.75, 3.05) is 10.6 Å². The van der Waals surface area contributed by atoms with E-state index >= 15 is 0 Å². The van der Waals surface area contributed by atoms with Gasteiger partial charge < -0.3 is 10.6 Å². The van der Waals surface area contributed by atoms with E-state index in [1.165, 1.54) is 50.1 Å². The van der Waals surface area contributed by atoms with Crippen molar-refractivity contribution in [1.82, 2.24) is 0 Å². The number of nitrogens with zero attached hydrogens (tertiary/aromatic N) is 1. The third-order valence-electron chi connectivity index (χ3n) is 13.7. The highest BCUT2D eigenvalue weighted by atomic mass is 15.2. The second-order valence-electron chi connectivity index (χ2n) is 16.9. The molecule has 0 amide bonds. The number of anilines is 3. The standard InChI is InChI=1S/C56H43BN2/c1-5-42-54-34(2)49-40(50-38-24-13-12-19-35(38)31-32-46(50)58)26-18-27-41(49)52-51-39-25-14-15-28-43(39)55(3,4)45(51)33-48(53(52)57)59(54)47-30-17-16-29-44(47)56(42,36-20-8-6-9-21-36)37-22-10-7-11-23-37/h5-12,14,16-23,25-27,29-33H,13,24,58H2,1-4H3/b42-5+,54-34?. The maximum absolute atomic E-state index is 7.83. The van der Waals surface area contributed by atoms with Crippen LogP contribution in [-0.4, -0.2) is 7.85 Å². The maximum atomic E-state index is 7.83. The Hall–Kier alpha value is -6.76. The average Bonchev–Trinajstić information content (AvgIpc) is 3.50. The number of hydrogen-bond acceptors (Lipinski definition) is 2. The van der Waals surface area contributed by atoms with Crippen molar-refractivity contribution in [1.29, 1.82) is 0 Å². The molecular formula is C56H43BN2. The van der Waals surface area contributed by atoms with Crippen molar-refractivity contribution in [3.8, 4) is 33.4 Å². The smallest absolute Gasteiger partial charge is 0.117 e. The van der Waals surface area contributed by atoms with Crippen LogP contribution in [0.15, 0.2) is 157 Å². The highest BCUT2D eigenvalue weighted by Gasteiger charge is 2.50. The molecule has 2 aliphatic carbocycles. The molecule has 2 nitrogen and oxygen atoms in total. The number of para-hydroxylation sites is 1. The Balaban J connectivity index is 1.37. The van der Waals surface area contributed by atoms with Crippen LogP contribution < -0.4 is 16.1 Å². The Labute approximate surface area is 349 Å². The average molecular weight is 755 g/mol. The highest BCUT2D eigenvalue weighted by Crippen LogP contribution is 2.62. The van der Waals surface area contributed by atoms with E-state index in [1.807, 2.05) is 6.07 Å². The van der Waals surface area contributed by atoms with Crippen molar-refractivity contribution in [2.45, 2.75) is 51.4 Å². The van der Waals surface area contributed by atoms with Gasteiger partial charge in [0.1, 0.15) is 7.85 Å². The minimum absolute atomic E-state index is 0.346. The van der Waals surface area contributed by atoms with Gasteiger partial charge in [-0.25, -0.2) is 0 Å². The fraction of sp³-hybridized carbons (Fsp3) is 0.143. The largest absolute Gasteiger partial charge is 0.398 e. The number of nitrogen functional groups attached to an aromatic ring is 1. The van der Waals surface area contributed by atoms with Crippen LogP contribution in [0.3, 0.4) is 0 Å². The summed E-state index contributed by atoms with van der Waals surface area (Å²) < 4.78 is 0. The molecule has 0 saturated heterocycles. The summed E-state index contributed by atoms with van der Waals surface area (Å²) in [5, 5.41) is 0. The van der Waals surface area contributed by atoms with E-state index in [0.29, 0.717) is 0 Å². The third kappa shape index (κ3) is 4.66. The van der Waals surface area contributed by atoms with Gasteiger partial charge in [0.25, 0.3) is 0 Å². The predicted octanol–water partition coefficient (Wildman–Crippen LogP) is 12.4. The minimum atomic E-state index is -0.653. The van der Waals surface area contributed by atoms with Crippen LogP contribution >= 0.6 is 0 Å². The molecule has 0 aromatic heterocycles. The van der Waals surface area contributed by atoms with E-state index in [9.17, 15) is 0 Å². The van der Waals surface area contributed by atoms with E-state index < -0.39 is 5.41 Å². The normalized spacial score (nSPS) is 16.8. The number of rotatable bonds is 3. The predicted molar refractivity (Wildman–Crippen MR) is 247 cm³/mol. The van der Waals surface area contributed by atoms with Crippen LogP contribution in [0, 0.1) is 12.1 Å². The Morgan fingerprint density at radius 3 is 2.14 bits per heavy atom. The molecule has 0 atom stereocenters. The van der Waals surface area contributed by atoms with Gasteiger partial charge >= 0.3 is 0 Å². The monoisotopic (exact) mass is 754 g/mol. The number of benzene rings is 6. The van der Waals surface area contributed by atoms with Crippen LogP contribution in [0.4, 0.5) is 17.1 Å². The lowest BCUT2D eigenvalue weighted by Gasteiger charge is -2.50. The lowest BCUT2D eigenvalue weighted by molar-refractivity contribution is 0.660. The molecule has 7 aromatic carbocycles. The first-order chi connectivity index (χ1) is 28.8. The minimum Gasteiger partial charge on any atom is -0.398 e. The molecule has 2 heterocycles. The summed E-state index contributed by atoms with van der Waals surface area (Å²) in [6, 6.07) is 55.5. The van der Waals surface area contributed by atoms with Gasteiger partial charge in [0, 0.05) is 27.9 Å². The molecule has 280 valence electrons. The summed E-state index contributed by atoms with van der Waals surface area (Å²) in [4.78, 5) is 2.49. The SMILES string of the molecule is [B]c1c2cc3c(c1-c1cccc(-c4c(N)ccc5c4CCC=C5)c1C(C)=C1/C(=C\C)C(c4ccccc4)(c4ccccc4)c4ccccc4N12)-c1ccc#cc1C3(C)C. The molecule has 2 aliphatic heterocycles. The second-order valence-corrected chi connectivity index (χ2v) is 16.9. The third-order valence-corrected chi connectivity index (χ3v) is 13.7. The fourth-order valence-corrected chi connectivity index (χ4v) is 11.2. The number of allylic oxidation sites excluding steroid dienone is 4. The van der Waals surface area contributed by atoms with Crippen LogP contribution in [-0.2, 0) is 17.3 Å². The van der Waals surface area contributed by atoms with Crippen molar-refractivity contribution >= 4 is 42.0 Å². The zero-order valence-corrected chi connectivity index (χ0v) is 33.9. The van der Waals surface area contributed by atoms with Crippen LogP contribution in [0.2, 0.25) is 0 Å². The van der Waals surface area contributed by atoms with E-state index in [0.717, 1.165) is 80.0 Å². The van der Waals surface area contributed by atoms with Gasteiger partial charge in [-0.15, -0.1) is 0 Å². The molecule has 59 heavy (non-hydrogen) atoms. The summed E-state index contributed by atoms with van der Waals surface area (Å²) in [6.45, 7) is 9.17. The van der Waals surface area contributed by atoms with Crippen LogP contribution in [0.25, 0.3) is 45.0 Å². The zero-order chi connectivity index (χ0) is 40.2. The number of fused-ring (bicyclic) bond motifs is 13. The molecule has 0 unspecified atom stereocenters. The Morgan fingerprint density at radius 1 is 0.712 bits per heavy atom. The number of hydrogen-bond donors (Lipinski definition) is 1. The summed E-state index contributed by atoms with van der Waals surface area (Å²) in [5.41, 5.74) is 29.7. The van der Waals surface area contributed by atoms with Crippen LogP contribution in [0.1, 0.15) is 78.6 Å². The molecule has 2 N–H and O–H groups in total. The van der Waals surface area contributed by atoms with Gasteiger partial charge in [0.15, 0.2) is 0 Å². The summed E-state index contributed by atoms with van der Waals surface area (Å²) in [5.74, 6) is 0. The topological polar surface area (TPSA) is 29.3 Å². The van der Waals surface area contributed by atoms with E-state index in [4.69, 9.17) is 13.6 Å². The lowest BCUT2D eigenvalue weighted by atomic mass is 9.60. The second kappa shape index (κ2) is 12.9. The van der Waals surface area contributed by atoms with E-state index in [2.05, 4.69) is 190 Å². The van der Waals surface area contributed by atoms with E-state index in [1.54, 1.807) is 0 Å².